The molecule has 0 fully saturated rings. The SMILES string of the molecule is C[C@H]([C@H](C(=O)O)c1ccc(C(F)(F)F)cc1)C(F)(F)F. The number of carbonyl (C=O) groups is 1. The van der Waals surface area contributed by atoms with Crippen molar-refractivity contribution in [3.05, 3.63) is 35.4 Å². The largest absolute Gasteiger partial charge is 0.481 e. The molecular formula is C12H10F6O2. The fourth-order valence-corrected chi connectivity index (χ4v) is 1.71. The van der Waals surface area contributed by atoms with Crippen molar-refractivity contribution in [2.24, 2.45) is 5.92 Å². The first-order valence-corrected chi connectivity index (χ1v) is 5.41. The van der Waals surface area contributed by atoms with Gasteiger partial charge >= 0.3 is 18.3 Å². The number of aliphatic carboxylic acids is 1. The summed E-state index contributed by atoms with van der Waals surface area (Å²) in [4.78, 5) is 10.9. The maximum Gasteiger partial charge on any atom is 0.416 e. The molecule has 0 aliphatic carbocycles. The van der Waals surface area contributed by atoms with E-state index in [4.69, 9.17) is 5.11 Å². The molecule has 0 saturated carbocycles. The lowest BCUT2D eigenvalue weighted by molar-refractivity contribution is -0.183. The number of rotatable bonds is 3. The zero-order valence-corrected chi connectivity index (χ0v) is 10.1. The average Bonchev–Trinajstić information content (AvgIpc) is 2.26. The highest BCUT2D eigenvalue weighted by atomic mass is 19.4. The second-order valence-corrected chi connectivity index (χ2v) is 4.27. The Kier molecular flexibility index (Phi) is 4.36. The van der Waals surface area contributed by atoms with Crippen LogP contribution in [0.5, 0.6) is 0 Å². The van der Waals surface area contributed by atoms with Crippen molar-refractivity contribution in [2.45, 2.75) is 25.2 Å². The van der Waals surface area contributed by atoms with Crippen LogP contribution in [0, 0.1) is 5.92 Å². The summed E-state index contributed by atoms with van der Waals surface area (Å²) >= 11 is 0. The minimum Gasteiger partial charge on any atom is -0.481 e. The van der Waals surface area contributed by atoms with Crippen molar-refractivity contribution < 1.29 is 36.2 Å². The van der Waals surface area contributed by atoms with E-state index in [0.29, 0.717) is 19.1 Å². The standard InChI is InChI=1S/C12H10F6O2/c1-6(11(13,14)15)9(10(19)20)7-2-4-8(5-3-7)12(16,17)18/h2-6,9H,1H3,(H,19,20)/t6-,9+/m1/s1. The molecule has 0 spiro atoms. The molecule has 8 heteroatoms. The van der Waals surface area contributed by atoms with Gasteiger partial charge in [0.1, 0.15) is 0 Å². The smallest absolute Gasteiger partial charge is 0.416 e. The molecule has 1 rings (SSSR count). The first-order valence-electron chi connectivity index (χ1n) is 5.41. The quantitative estimate of drug-likeness (QED) is 0.854. The van der Waals surface area contributed by atoms with Gasteiger partial charge in [0.15, 0.2) is 0 Å². The summed E-state index contributed by atoms with van der Waals surface area (Å²) in [6, 6.07) is 2.64. The third-order valence-corrected chi connectivity index (χ3v) is 2.88. The highest BCUT2D eigenvalue weighted by Gasteiger charge is 2.45. The van der Waals surface area contributed by atoms with Crippen LogP contribution in [0.2, 0.25) is 0 Å². The van der Waals surface area contributed by atoms with Crippen molar-refractivity contribution in [1.82, 2.24) is 0 Å². The third kappa shape index (κ3) is 3.64. The van der Waals surface area contributed by atoms with E-state index in [1.165, 1.54) is 0 Å². The van der Waals surface area contributed by atoms with Gasteiger partial charge in [0.2, 0.25) is 0 Å². The molecule has 0 heterocycles. The number of hydrogen-bond donors (Lipinski definition) is 1. The summed E-state index contributed by atoms with van der Waals surface area (Å²) in [5.41, 5.74) is -1.37. The molecular weight excluding hydrogens is 290 g/mol. The zero-order valence-electron chi connectivity index (χ0n) is 10.1. The van der Waals surface area contributed by atoms with E-state index in [0.717, 1.165) is 12.1 Å². The van der Waals surface area contributed by atoms with E-state index in [2.05, 4.69) is 0 Å². The molecule has 112 valence electrons. The van der Waals surface area contributed by atoms with Crippen molar-refractivity contribution in [1.29, 1.82) is 0 Å². The Bertz CT molecular complexity index is 474. The minimum absolute atomic E-state index is 0.324. The molecule has 1 aromatic rings. The average molecular weight is 300 g/mol. The highest BCUT2D eigenvalue weighted by Crippen LogP contribution is 2.38. The molecule has 1 N–H and O–H groups in total. The first-order chi connectivity index (χ1) is 8.94. The Morgan fingerprint density at radius 1 is 1.05 bits per heavy atom. The van der Waals surface area contributed by atoms with Gasteiger partial charge < -0.3 is 5.11 Å². The zero-order chi connectivity index (χ0) is 15.7. The number of alkyl halides is 6. The lowest BCUT2D eigenvalue weighted by atomic mass is 9.86. The molecule has 0 aromatic heterocycles. The van der Waals surface area contributed by atoms with Crippen LogP contribution in [0.15, 0.2) is 24.3 Å². The number of hydrogen-bond acceptors (Lipinski definition) is 1. The van der Waals surface area contributed by atoms with Crippen LogP contribution < -0.4 is 0 Å². The van der Waals surface area contributed by atoms with Gasteiger partial charge in [-0.3, -0.25) is 4.79 Å². The van der Waals surface area contributed by atoms with E-state index in [1.807, 2.05) is 0 Å². The molecule has 2 atom stereocenters. The maximum absolute atomic E-state index is 12.6. The number of halogens is 6. The van der Waals surface area contributed by atoms with Crippen molar-refractivity contribution >= 4 is 5.97 Å². The summed E-state index contributed by atoms with van der Waals surface area (Å²) in [6.45, 7) is 0.677. The molecule has 0 amide bonds. The van der Waals surface area contributed by atoms with E-state index in [-0.39, 0.29) is 5.56 Å². The second kappa shape index (κ2) is 5.34. The molecule has 0 radical (unpaired) electrons. The summed E-state index contributed by atoms with van der Waals surface area (Å²) in [7, 11) is 0. The molecule has 0 unspecified atom stereocenters. The molecule has 0 aliphatic rings. The Hall–Kier alpha value is -1.73. The van der Waals surface area contributed by atoms with Gasteiger partial charge in [0, 0.05) is 0 Å². The van der Waals surface area contributed by atoms with Gasteiger partial charge in [0.05, 0.1) is 17.4 Å². The Morgan fingerprint density at radius 3 is 1.80 bits per heavy atom. The molecule has 0 saturated heterocycles. The third-order valence-electron chi connectivity index (χ3n) is 2.88. The lowest BCUT2D eigenvalue weighted by Crippen LogP contribution is -2.31. The van der Waals surface area contributed by atoms with Gasteiger partial charge in [-0.15, -0.1) is 0 Å². The maximum atomic E-state index is 12.6. The van der Waals surface area contributed by atoms with E-state index in [9.17, 15) is 31.1 Å². The number of carboxylic acid groups (broad SMARTS) is 1. The van der Waals surface area contributed by atoms with Crippen LogP contribution in [0.25, 0.3) is 0 Å². The lowest BCUT2D eigenvalue weighted by Gasteiger charge is -2.23. The fraction of sp³-hybridized carbons (Fsp3) is 0.417. The van der Waals surface area contributed by atoms with Crippen molar-refractivity contribution in [3.63, 3.8) is 0 Å². The van der Waals surface area contributed by atoms with E-state index < -0.39 is 35.7 Å². The Balaban J connectivity index is 3.15. The van der Waals surface area contributed by atoms with Crippen LogP contribution in [0.1, 0.15) is 24.0 Å². The Labute approximate surface area is 110 Å². The van der Waals surface area contributed by atoms with Gasteiger partial charge in [-0.05, 0) is 17.7 Å². The topological polar surface area (TPSA) is 37.3 Å². The number of carboxylic acids is 1. The number of benzene rings is 1. The highest BCUT2D eigenvalue weighted by molar-refractivity contribution is 5.76. The summed E-state index contributed by atoms with van der Waals surface area (Å²) < 4.78 is 74.7. The van der Waals surface area contributed by atoms with Crippen LogP contribution in [0.3, 0.4) is 0 Å². The summed E-state index contributed by atoms with van der Waals surface area (Å²) in [6.07, 6.45) is -9.39. The molecule has 20 heavy (non-hydrogen) atoms. The second-order valence-electron chi connectivity index (χ2n) is 4.27. The van der Waals surface area contributed by atoms with Crippen molar-refractivity contribution in [3.8, 4) is 0 Å². The van der Waals surface area contributed by atoms with Gasteiger partial charge in [0.25, 0.3) is 0 Å². The van der Waals surface area contributed by atoms with E-state index in [1.54, 1.807) is 0 Å². The summed E-state index contributed by atoms with van der Waals surface area (Å²) in [5.74, 6) is -5.90. The van der Waals surface area contributed by atoms with Crippen LogP contribution >= 0.6 is 0 Å². The monoisotopic (exact) mass is 300 g/mol. The van der Waals surface area contributed by atoms with Crippen LogP contribution in [-0.2, 0) is 11.0 Å². The fourth-order valence-electron chi connectivity index (χ4n) is 1.71. The van der Waals surface area contributed by atoms with Crippen LogP contribution in [0.4, 0.5) is 26.3 Å². The van der Waals surface area contributed by atoms with Gasteiger partial charge in [-0.1, -0.05) is 19.1 Å². The molecule has 1 aromatic carbocycles. The van der Waals surface area contributed by atoms with Gasteiger partial charge in [-0.2, -0.15) is 26.3 Å². The van der Waals surface area contributed by atoms with Gasteiger partial charge in [-0.25, -0.2) is 0 Å². The van der Waals surface area contributed by atoms with E-state index >= 15 is 0 Å². The predicted octanol–water partition coefficient (Wildman–Crippen LogP) is 4.07. The normalized spacial score (nSPS) is 15.8. The molecule has 0 bridgehead atoms. The summed E-state index contributed by atoms with van der Waals surface area (Å²) in [5, 5.41) is 8.87. The molecule has 0 aliphatic heterocycles. The predicted molar refractivity (Wildman–Crippen MR) is 57.0 cm³/mol. The molecule has 2 nitrogen and oxygen atoms in total. The minimum atomic E-state index is -4.76. The van der Waals surface area contributed by atoms with Crippen LogP contribution in [-0.4, -0.2) is 17.3 Å². The van der Waals surface area contributed by atoms with Crippen molar-refractivity contribution in [2.75, 3.05) is 0 Å². The Morgan fingerprint density at radius 2 is 1.50 bits per heavy atom. The first kappa shape index (κ1) is 16.3.